The number of aromatic nitrogens is 3. The first-order chi connectivity index (χ1) is 11.7. The molecule has 0 fully saturated rings. The van der Waals surface area contributed by atoms with Crippen LogP contribution < -0.4 is 5.32 Å². The van der Waals surface area contributed by atoms with Gasteiger partial charge in [-0.05, 0) is 24.5 Å². The molecule has 3 rings (SSSR count). The average Bonchev–Trinajstić information content (AvgIpc) is 2.61. The Labute approximate surface area is 138 Å². The summed E-state index contributed by atoms with van der Waals surface area (Å²) < 4.78 is 5.03. The van der Waals surface area contributed by atoms with E-state index in [-0.39, 0.29) is 12.0 Å². The summed E-state index contributed by atoms with van der Waals surface area (Å²) in [6.45, 7) is 3.00. The van der Waals surface area contributed by atoms with Crippen LogP contribution in [0, 0.1) is 0 Å². The minimum absolute atomic E-state index is 0.265. The molecule has 0 aromatic carbocycles. The summed E-state index contributed by atoms with van der Waals surface area (Å²) in [5, 5.41) is 2.75. The van der Waals surface area contributed by atoms with Crippen LogP contribution in [0.4, 0.5) is 10.5 Å². The fourth-order valence-electron chi connectivity index (χ4n) is 2.62. The van der Waals surface area contributed by atoms with E-state index in [4.69, 9.17) is 4.74 Å². The molecule has 0 spiro atoms. The number of pyridine rings is 1. The van der Waals surface area contributed by atoms with Gasteiger partial charge in [0.25, 0.3) is 5.91 Å². The molecule has 0 bridgehead atoms. The normalized spacial score (nSPS) is 13.1. The zero-order valence-corrected chi connectivity index (χ0v) is 13.2. The van der Waals surface area contributed by atoms with Gasteiger partial charge in [0.2, 0.25) is 0 Å². The molecule has 3 heterocycles. The van der Waals surface area contributed by atoms with Gasteiger partial charge in [-0.15, -0.1) is 0 Å². The third-order valence-corrected chi connectivity index (χ3v) is 3.73. The Morgan fingerprint density at radius 2 is 2.00 bits per heavy atom. The van der Waals surface area contributed by atoms with Crippen molar-refractivity contribution in [3.8, 4) is 0 Å². The zero-order chi connectivity index (χ0) is 16.9. The van der Waals surface area contributed by atoms with Gasteiger partial charge in [-0.3, -0.25) is 9.78 Å². The number of hydrogen-bond donors (Lipinski definition) is 1. The number of ether oxygens (including phenoxy) is 1. The Balaban J connectivity index is 1.79. The molecular weight excluding hydrogens is 310 g/mol. The highest BCUT2D eigenvalue weighted by Crippen LogP contribution is 2.23. The molecule has 1 aliphatic rings. The molecule has 8 nitrogen and oxygen atoms in total. The summed E-state index contributed by atoms with van der Waals surface area (Å²) in [6, 6.07) is 0. The summed E-state index contributed by atoms with van der Waals surface area (Å²) >= 11 is 0. The largest absolute Gasteiger partial charge is 0.450 e. The minimum Gasteiger partial charge on any atom is -0.450 e. The fraction of sp³-hybridized carbons (Fsp3) is 0.312. The van der Waals surface area contributed by atoms with Crippen LogP contribution in [0.3, 0.4) is 0 Å². The average molecular weight is 327 g/mol. The van der Waals surface area contributed by atoms with Gasteiger partial charge in [-0.1, -0.05) is 0 Å². The van der Waals surface area contributed by atoms with Crippen LogP contribution in [0.5, 0.6) is 0 Å². The predicted octanol–water partition coefficient (Wildman–Crippen LogP) is 1.64. The van der Waals surface area contributed by atoms with E-state index in [1.54, 1.807) is 18.0 Å². The number of fused-ring (bicyclic) bond motifs is 1. The second kappa shape index (κ2) is 7.03. The number of anilines is 1. The van der Waals surface area contributed by atoms with Crippen molar-refractivity contribution in [2.75, 3.05) is 18.5 Å². The van der Waals surface area contributed by atoms with Crippen LogP contribution in [0.2, 0.25) is 0 Å². The molecule has 0 saturated carbocycles. The molecule has 24 heavy (non-hydrogen) atoms. The van der Waals surface area contributed by atoms with E-state index in [1.807, 2.05) is 0 Å². The smallest absolute Gasteiger partial charge is 0.410 e. The van der Waals surface area contributed by atoms with Crippen molar-refractivity contribution >= 4 is 17.7 Å². The maximum absolute atomic E-state index is 12.5. The first kappa shape index (κ1) is 15.9. The third kappa shape index (κ3) is 3.32. The number of nitrogens with zero attached hydrogens (tertiary/aromatic N) is 4. The van der Waals surface area contributed by atoms with Crippen LogP contribution in [-0.4, -0.2) is 45.0 Å². The van der Waals surface area contributed by atoms with E-state index in [0.29, 0.717) is 37.4 Å². The van der Waals surface area contributed by atoms with Crippen LogP contribution in [0.1, 0.15) is 28.4 Å². The molecule has 0 saturated heterocycles. The molecular formula is C16H17N5O3. The minimum atomic E-state index is -0.348. The molecule has 1 N–H and O–H groups in total. The van der Waals surface area contributed by atoms with Gasteiger partial charge in [0.15, 0.2) is 0 Å². The second-order valence-electron chi connectivity index (χ2n) is 5.28. The summed E-state index contributed by atoms with van der Waals surface area (Å²) in [7, 11) is 0. The van der Waals surface area contributed by atoms with E-state index < -0.39 is 0 Å². The van der Waals surface area contributed by atoms with Crippen molar-refractivity contribution in [3.63, 3.8) is 0 Å². The zero-order valence-electron chi connectivity index (χ0n) is 13.2. The number of nitrogens with one attached hydrogen (secondary N) is 1. The standard InChI is InChI=1S/C16H17N5O3/c1-2-24-16(23)21-4-3-13-11(9-21)5-17-8-14(13)15(22)20-12-6-18-10-19-7-12/h5-8,10H,2-4,9H2,1H3,(H,20,22). The van der Waals surface area contributed by atoms with Crippen LogP contribution in [-0.2, 0) is 17.7 Å². The van der Waals surface area contributed by atoms with Crippen molar-refractivity contribution < 1.29 is 14.3 Å². The Kier molecular flexibility index (Phi) is 4.64. The second-order valence-corrected chi connectivity index (χ2v) is 5.28. The summed E-state index contributed by atoms with van der Waals surface area (Å²) in [5.41, 5.74) is 2.77. The lowest BCUT2D eigenvalue weighted by molar-refractivity contribution is 0.101. The number of carbonyl (C=O) groups is 2. The molecule has 0 unspecified atom stereocenters. The van der Waals surface area contributed by atoms with Gasteiger partial charge in [0.1, 0.15) is 6.33 Å². The lowest BCUT2D eigenvalue weighted by Gasteiger charge is -2.28. The Morgan fingerprint density at radius 1 is 1.21 bits per heavy atom. The fourth-order valence-corrected chi connectivity index (χ4v) is 2.62. The molecule has 0 radical (unpaired) electrons. The maximum atomic E-state index is 12.5. The Morgan fingerprint density at radius 3 is 2.75 bits per heavy atom. The van der Waals surface area contributed by atoms with Crippen LogP contribution >= 0.6 is 0 Å². The van der Waals surface area contributed by atoms with Gasteiger partial charge in [0.05, 0.1) is 36.8 Å². The first-order valence-electron chi connectivity index (χ1n) is 7.63. The summed E-state index contributed by atoms with van der Waals surface area (Å²) in [5.74, 6) is -0.265. The Hall–Kier alpha value is -3.03. The SMILES string of the molecule is CCOC(=O)N1CCc2c(cncc2C(=O)Nc2cncnc2)C1. The summed E-state index contributed by atoms with van der Waals surface area (Å²) in [6.07, 6.45) is 7.89. The lowest BCUT2D eigenvalue weighted by Crippen LogP contribution is -2.37. The van der Waals surface area contributed by atoms with E-state index in [9.17, 15) is 9.59 Å². The van der Waals surface area contributed by atoms with E-state index in [0.717, 1.165) is 11.1 Å². The predicted molar refractivity (Wildman–Crippen MR) is 85.4 cm³/mol. The van der Waals surface area contributed by atoms with Crippen molar-refractivity contribution in [2.24, 2.45) is 0 Å². The lowest BCUT2D eigenvalue weighted by atomic mass is 9.97. The molecule has 0 aliphatic carbocycles. The topological polar surface area (TPSA) is 97.3 Å². The number of carbonyl (C=O) groups excluding carboxylic acids is 2. The number of rotatable bonds is 3. The molecule has 1 aliphatic heterocycles. The first-order valence-corrected chi connectivity index (χ1v) is 7.63. The van der Waals surface area contributed by atoms with Crippen molar-refractivity contribution in [3.05, 3.63) is 47.8 Å². The molecule has 2 aromatic rings. The van der Waals surface area contributed by atoms with Gasteiger partial charge < -0.3 is 15.0 Å². The maximum Gasteiger partial charge on any atom is 0.410 e. The highest BCUT2D eigenvalue weighted by Gasteiger charge is 2.25. The van der Waals surface area contributed by atoms with Gasteiger partial charge in [-0.2, -0.15) is 0 Å². The quantitative estimate of drug-likeness (QED) is 0.920. The van der Waals surface area contributed by atoms with Crippen molar-refractivity contribution in [2.45, 2.75) is 19.9 Å². The summed E-state index contributed by atoms with van der Waals surface area (Å²) in [4.78, 5) is 37.8. The molecule has 2 aromatic heterocycles. The molecule has 124 valence electrons. The van der Waals surface area contributed by atoms with Crippen LogP contribution in [0.25, 0.3) is 0 Å². The highest BCUT2D eigenvalue weighted by molar-refractivity contribution is 6.05. The van der Waals surface area contributed by atoms with Gasteiger partial charge >= 0.3 is 6.09 Å². The van der Waals surface area contributed by atoms with E-state index in [1.165, 1.54) is 24.9 Å². The van der Waals surface area contributed by atoms with Gasteiger partial charge in [-0.25, -0.2) is 14.8 Å². The third-order valence-electron chi connectivity index (χ3n) is 3.73. The van der Waals surface area contributed by atoms with E-state index >= 15 is 0 Å². The van der Waals surface area contributed by atoms with Crippen molar-refractivity contribution in [1.29, 1.82) is 0 Å². The Bertz CT molecular complexity index is 751. The van der Waals surface area contributed by atoms with E-state index in [2.05, 4.69) is 20.3 Å². The molecule has 2 amide bonds. The van der Waals surface area contributed by atoms with Gasteiger partial charge in [0, 0.05) is 18.9 Å². The molecule has 8 heteroatoms. The number of amides is 2. The highest BCUT2D eigenvalue weighted by atomic mass is 16.6. The molecule has 0 atom stereocenters. The number of hydrogen-bond acceptors (Lipinski definition) is 6. The monoisotopic (exact) mass is 327 g/mol. The van der Waals surface area contributed by atoms with Crippen LogP contribution in [0.15, 0.2) is 31.1 Å². The van der Waals surface area contributed by atoms with Crippen molar-refractivity contribution in [1.82, 2.24) is 19.9 Å².